The van der Waals surface area contributed by atoms with Crippen LogP contribution >= 0.6 is 22.9 Å². The van der Waals surface area contributed by atoms with Gasteiger partial charge >= 0.3 is 0 Å². The predicted molar refractivity (Wildman–Crippen MR) is 125 cm³/mol. The third-order valence-electron chi connectivity index (χ3n) is 5.16. The highest BCUT2D eigenvalue weighted by molar-refractivity contribution is 7.16. The van der Waals surface area contributed by atoms with E-state index >= 15 is 0 Å². The summed E-state index contributed by atoms with van der Waals surface area (Å²) < 4.78 is 0. The maximum atomic E-state index is 12.7. The Labute approximate surface area is 194 Å². The number of nitrogens with zero attached hydrogens (tertiary/aromatic N) is 3. The van der Waals surface area contributed by atoms with Crippen LogP contribution in [0.25, 0.3) is 6.08 Å². The molecule has 0 unspecified atom stereocenters. The van der Waals surface area contributed by atoms with Gasteiger partial charge in [0.25, 0.3) is 0 Å². The lowest BCUT2D eigenvalue weighted by atomic mass is 10.0. The number of hydrogen-bond acceptors (Lipinski definition) is 5. The number of aromatic nitrogens is 1. The molecule has 3 heterocycles. The van der Waals surface area contributed by atoms with E-state index in [1.807, 2.05) is 30.3 Å². The van der Waals surface area contributed by atoms with E-state index in [2.05, 4.69) is 16.4 Å². The molecule has 6 nitrogen and oxygen atoms in total. The number of halogens is 1. The molecule has 0 saturated heterocycles. The average Bonchev–Trinajstić information content (AvgIpc) is 3.15. The number of rotatable bonds is 5. The molecular formula is C24H19ClN4O2S. The molecule has 1 aliphatic rings. The molecule has 0 radical (unpaired) electrons. The second-order valence-electron chi connectivity index (χ2n) is 7.27. The van der Waals surface area contributed by atoms with Gasteiger partial charge in [0.2, 0.25) is 11.8 Å². The minimum atomic E-state index is -0.343. The van der Waals surface area contributed by atoms with E-state index < -0.39 is 0 Å². The molecule has 32 heavy (non-hydrogen) atoms. The number of amides is 2. The van der Waals surface area contributed by atoms with E-state index in [9.17, 15) is 14.9 Å². The number of carbonyl (C=O) groups excluding carboxylic acids is 2. The summed E-state index contributed by atoms with van der Waals surface area (Å²) >= 11 is 7.46. The molecule has 0 aliphatic carbocycles. The van der Waals surface area contributed by atoms with Crippen LogP contribution in [-0.2, 0) is 29.0 Å². The smallest absolute Gasteiger partial charge is 0.249 e. The third kappa shape index (κ3) is 4.88. The van der Waals surface area contributed by atoms with Gasteiger partial charge in [-0.25, -0.2) is 0 Å². The molecular weight excluding hydrogens is 444 g/mol. The Hall–Kier alpha value is -3.47. The van der Waals surface area contributed by atoms with Gasteiger partial charge in [-0.2, -0.15) is 5.26 Å². The van der Waals surface area contributed by atoms with Crippen molar-refractivity contribution in [2.45, 2.75) is 19.4 Å². The molecule has 0 bridgehead atoms. The summed E-state index contributed by atoms with van der Waals surface area (Å²) in [5, 5.41) is 13.5. The van der Waals surface area contributed by atoms with Crippen molar-refractivity contribution in [3.05, 3.63) is 87.0 Å². The van der Waals surface area contributed by atoms with Gasteiger partial charge in [0.15, 0.2) is 0 Å². The topological polar surface area (TPSA) is 86.1 Å². The molecule has 160 valence electrons. The van der Waals surface area contributed by atoms with Crippen LogP contribution in [0.4, 0.5) is 5.00 Å². The second kappa shape index (κ2) is 9.77. The third-order valence-corrected chi connectivity index (χ3v) is 6.63. The minimum absolute atomic E-state index is 0.0174. The summed E-state index contributed by atoms with van der Waals surface area (Å²) in [6, 6.07) is 13.1. The molecule has 0 fully saturated rings. The lowest BCUT2D eigenvalue weighted by Crippen LogP contribution is -2.36. The number of anilines is 1. The first kappa shape index (κ1) is 21.8. The Balaban J connectivity index is 1.46. The minimum Gasteiger partial charge on any atom is -0.337 e. The zero-order valence-corrected chi connectivity index (χ0v) is 18.6. The molecule has 3 aromatic rings. The lowest BCUT2D eigenvalue weighted by Gasteiger charge is -2.27. The van der Waals surface area contributed by atoms with Crippen molar-refractivity contribution in [1.82, 2.24) is 9.88 Å². The van der Waals surface area contributed by atoms with Crippen molar-refractivity contribution >= 4 is 45.8 Å². The monoisotopic (exact) mass is 462 g/mol. The summed E-state index contributed by atoms with van der Waals surface area (Å²) in [5.41, 5.74) is 2.99. The number of nitrogens with one attached hydrogen (secondary N) is 1. The van der Waals surface area contributed by atoms with E-state index in [-0.39, 0.29) is 18.2 Å². The van der Waals surface area contributed by atoms with Crippen LogP contribution < -0.4 is 5.32 Å². The second-order valence-corrected chi connectivity index (χ2v) is 8.78. The Bertz CT molecular complexity index is 1230. The molecule has 8 heteroatoms. The highest BCUT2D eigenvalue weighted by Gasteiger charge is 2.27. The van der Waals surface area contributed by atoms with Gasteiger partial charge in [-0.1, -0.05) is 35.9 Å². The predicted octanol–water partition coefficient (Wildman–Crippen LogP) is 4.45. The quantitative estimate of drug-likeness (QED) is 0.567. The molecule has 1 aliphatic heterocycles. The summed E-state index contributed by atoms with van der Waals surface area (Å²) in [4.78, 5) is 31.9. The Morgan fingerprint density at radius 3 is 2.88 bits per heavy atom. The molecule has 1 aromatic carbocycles. The van der Waals surface area contributed by atoms with Gasteiger partial charge in [0.05, 0.1) is 18.5 Å². The fraction of sp³-hybridized carbons (Fsp3) is 0.167. The van der Waals surface area contributed by atoms with E-state index in [4.69, 9.17) is 11.6 Å². The van der Waals surface area contributed by atoms with E-state index in [1.54, 1.807) is 29.4 Å². The van der Waals surface area contributed by atoms with Gasteiger partial charge in [0.1, 0.15) is 11.1 Å². The van der Waals surface area contributed by atoms with Crippen molar-refractivity contribution in [3.8, 4) is 6.07 Å². The van der Waals surface area contributed by atoms with Gasteiger partial charge in [-0.15, -0.1) is 11.3 Å². The van der Waals surface area contributed by atoms with Crippen molar-refractivity contribution in [3.63, 3.8) is 0 Å². The maximum absolute atomic E-state index is 12.7. The van der Waals surface area contributed by atoms with Crippen LogP contribution in [0.3, 0.4) is 0 Å². The maximum Gasteiger partial charge on any atom is 0.249 e. The van der Waals surface area contributed by atoms with Crippen molar-refractivity contribution in [2.75, 3.05) is 11.9 Å². The van der Waals surface area contributed by atoms with Gasteiger partial charge < -0.3 is 10.2 Å². The number of fused-ring (bicyclic) bond motifs is 1. The van der Waals surface area contributed by atoms with E-state index in [0.29, 0.717) is 35.1 Å². The number of nitriles is 1. The number of hydrogen-bond donors (Lipinski definition) is 1. The summed E-state index contributed by atoms with van der Waals surface area (Å²) in [7, 11) is 0. The molecule has 1 N–H and O–H groups in total. The fourth-order valence-corrected chi connectivity index (χ4v) is 4.96. The molecule has 2 amide bonds. The van der Waals surface area contributed by atoms with Crippen LogP contribution in [-0.4, -0.2) is 28.2 Å². The summed E-state index contributed by atoms with van der Waals surface area (Å²) in [6.07, 6.45) is 7.27. The van der Waals surface area contributed by atoms with Gasteiger partial charge in [-0.3, -0.25) is 14.6 Å². The van der Waals surface area contributed by atoms with Gasteiger partial charge in [-0.05, 0) is 41.3 Å². The number of pyridine rings is 1. The zero-order chi connectivity index (χ0) is 22.5. The normalized spacial score (nSPS) is 12.9. The van der Waals surface area contributed by atoms with Crippen molar-refractivity contribution in [2.24, 2.45) is 0 Å². The Kier molecular flexibility index (Phi) is 6.64. The van der Waals surface area contributed by atoms with E-state index in [1.165, 1.54) is 17.4 Å². The van der Waals surface area contributed by atoms with Crippen LogP contribution in [0.5, 0.6) is 0 Å². The molecule has 4 rings (SSSR count). The van der Waals surface area contributed by atoms with E-state index in [0.717, 1.165) is 21.6 Å². The molecule has 2 aromatic heterocycles. The van der Waals surface area contributed by atoms with Crippen molar-refractivity contribution in [1.29, 1.82) is 5.26 Å². The average molecular weight is 463 g/mol. The first-order valence-corrected chi connectivity index (χ1v) is 11.2. The summed E-state index contributed by atoms with van der Waals surface area (Å²) in [5.74, 6) is -0.326. The van der Waals surface area contributed by atoms with Crippen LogP contribution in [0.1, 0.15) is 27.1 Å². The molecule has 0 spiro atoms. The standard InChI is InChI=1S/C24H19ClN4O2S/c25-20-6-2-1-5-17(20)7-8-22(30)28-24-19(13-26)18-9-11-29(15-21(18)32-24)23(31)12-16-4-3-10-27-14-16/h1-8,10,14H,9,11-12,15H2,(H,28,30)/b8-7+. The largest absolute Gasteiger partial charge is 0.337 e. The van der Waals surface area contributed by atoms with Crippen LogP contribution in [0.15, 0.2) is 54.9 Å². The molecule has 0 saturated carbocycles. The first-order valence-electron chi connectivity index (χ1n) is 10.00. The zero-order valence-electron chi connectivity index (χ0n) is 17.0. The van der Waals surface area contributed by atoms with Crippen LogP contribution in [0.2, 0.25) is 5.02 Å². The highest BCUT2D eigenvalue weighted by atomic mass is 35.5. The highest BCUT2D eigenvalue weighted by Crippen LogP contribution is 2.36. The van der Waals surface area contributed by atoms with Gasteiger partial charge in [0, 0.05) is 34.9 Å². The van der Waals surface area contributed by atoms with Crippen molar-refractivity contribution < 1.29 is 9.59 Å². The SMILES string of the molecule is N#Cc1c(NC(=O)/C=C/c2ccccc2Cl)sc2c1CCN(C(=O)Cc1cccnc1)C2. The number of benzene rings is 1. The Morgan fingerprint density at radius 2 is 2.12 bits per heavy atom. The summed E-state index contributed by atoms with van der Waals surface area (Å²) in [6.45, 7) is 0.969. The first-order chi connectivity index (χ1) is 15.5. The fourth-order valence-electron chi connectivity index (χ4n) is 3.54. The van der Waals surface area contributed by atoms with Crippen LogP contribution in [0, 0.1) is 11.3 Å². The molecule has 0 atom stereocenters. The lowest BCUT2D eigenvalue weighted by molar-refractivity contribution is -0.131. The Morgan fingerprint density at radius 1 is 1.28 bits per heavy atom. The number of carbonyl (C=O) groups is 2. The number of thiophene rings is 1.